The van der Waals surface area contributed by atoms with Gasteiger partial charge in [0.15, 0.2) is 0 Å². The van der Waals surface area contributed by atoms with Crippen molar-refractivity contribution in [3.63, 3.8) is 0 Å². The van der Waals surface area contributed by atoms with Crippen molar-refractivity contribution in [2.75, 3.05) is 26.2 Å². The van der Waals surface area contributed by atoms with E-state index in [9.17, 15) is 4.79 Å². The molecule has 1 amide bonds. The number of hydrogen-bond donors (Lipinski definition) is 1. The highest BCUT2D eigenvalue weighted by Gasteiger charge is 2.26. The molecule has 3 rings (SSSR count). The van der Waals surface area contributed by atoms with Gasteiger partial charge >= 0.3 is 0 Å². The van der Waals surface area contributed by atoms with Gasteiger partial charge < -0.3 is 9.80 Å². The van der Waals surface area contributed by atoms with Crippen molar-refractivity contribution in [1.82, 2.24) is 14.5 Å². The van der Waals surface area contributed by atoms with E-state index in [-0.39, 0.29) is 5.91 Å². The van der Waals surface area contributed by atoms with Crippen LogP contribution in [0, 0.1) is 6.92 Å². The van der Waals surface area contributed by atoms with E-state index in [1.807, 2.05) is 23.2 Å². The van der Waals surface area contributed by atoms with Crippen LogP contribution in [0.4, 0.5) is 0 Å². The lowest BCUT2D eigenvalue weighted by atomic mass is 10.2. The van der Waals surface area contributed by atoms with Crippen molar-refractivity contribution < 1.29 is 9.69 Å². The number of nitrogens with one attached hydrogen (secondary N) is 1. The standard InChI is InChI=1S/C13H16N4OS2/c1-10-12(20-15-14-10)13(18)17-6-4-16(5-7-17)9-11-3-2-8-19-11/h2-3,8H,4-7,9H2,1H3/p+1. The predicted octanol–water partition coefficient (Wildman–Crippen LogP) is 0.449. The van der Waals surface area contributed by atoms with Crippen molar-refractivity contribution in [3.8, 4) is 0 Å². The molecule has 0 unspecified atom stereocenters. The number of aromatic nitrogens is 2. The molecule has 0 bridgehead atoms. The lowest BCUT2D eigenvalue weighted by Gasteiger charge is -2.31. The fourth-order valence-electron chi connectivity index (χ4n) is 2.43. The van der Waals surface area contributed by atoms with Crippen molar-refractivity contribution in [2.24, 2.45) is 0 Å². The number of carbonyl (C=O) groups excluding carboxylic acids is 1. The molecule has 1 fully saturated rings. The number of piperazine rings is 1. The maximum atomic E-state index is 12.4. The molecule has 3 heterocycles. The minimum absolute atomic E-state index is 0.0904. The number of nitrogens with zero attached hydrogens (tertiary/aromatic N) is 3. The van der Waals surface area contributed by atoms with Crippen molar-refractivity contribution in [1.29, 1.82) is 0 Å². The monoisotopic (exact) mass is 309 g/mol. The van der Waals surface area contributed by atoms with E-state index in [4.69, 9.17) is 0 Å². The predicted molar refractivity (Wildman–Crippen MR) is 79.3 cm³/mol. The summed E-state index contributed by atoms with van der Waals surface area (Å²) in [5.41, 5.74) is 0.744. The second-order valence-electron chi connectivity index (χ2n) is 4.99. The van der Waals surface area contributed by atoms with E-state index in [0.29, 0.717) is 4.88 Å². The van der Waals surface area contributed by atoms with Crippen LogP contribution in [0.1, 0.15) is 20.2 Å². The Morgan fingerprint density at radius 3 is 2.85 bits per heavy atom. The van der Waals surface area contributed by atoms with Gasteiger partial charge in [0.25, 0.3) is 5.91 Å². The van der Waals surface area contributed by atoms with Crippen LogP contribution in [0.5, 0.6) is 0 Å². The average molecular weight is 309 g/mol. The zero-order valence-corrected chi connectivity index (χ0v) is 13.0. The highest BCUT2D eigenvalue weighted by atomic mass is 32.1. The largest absolute Gasteiger partial charge is 0.328 e. The molecule has 0 aliphatic carbocycles. The Morgan fingerprint density at radius 2 is 2.25 bits per heavy atom. The summed E-state index contributed by atoms with van der Waals surface area (Å²) in [6.45, 7) is 6.56. The number of thiophene rings is 1. The molecule has 1 N–H and O–H groups in total. The van der Waals surface area contributed by atoms with E-state index in [0.717, 1.165) is 38.4 Å². The van der Waals surface area contributed by atoms with Gasteiger partial charge in [-0.2, -0.15) is 0 Å². The Morgan fingerprint density at radius 1 is 1.45 bits per heavy atom. The fourth-order valence-corrected chi connectivity index (χ4v) is 3.84. The first-order valence-corrected chi connectivity index (χ1v) is 8.33. The number of hydrogen-bond acceptors (Lipinski definition) is 5. The van der Waals surface area contributed by atoms with Crippen LogP contribution >= 0.6 is 22.9 Å². The van der Waals surface area contributed by atoms with Crippen LogP contribution in [-0.4, -0.2) is 46.6 Å². The molecular formula is C13H17N4OS2+. The number of carbonyl (C=O) groups is 1. The zero-order valence-electron chi connectivity index (χ0n) is 11.3. The molecule has 0 aromatic carbocycles. The van der Waals surface area contributed by atoms with E-state index in [1.165, 1.54) is 16.4 Å². The van der Waals surface area contributed by atoms with Crippen LogP contribution in [0.15, 0.2) is 17.5 Å². The third-order valence-corrected chi connectivity index (χ3v) is 5.30. The highest BCUT2D eigenvalue weighted by molar-refractivity contribution is 7.09. The lowest BCUT2D eigenvalue weighted by Crippen LogP contribution is -3.13. The first-order valence-electron chi connectivity index (χ1n) is 6.68. The lowest BCUT2D eigenvalue weighted by molar-refractivity contribution is -0.917. The molecule has 0 spiro atoms. The summed E-state index contributed by atoms with van der Waals surface area (Å²) in [4.78, 5) is 17.9. The summed E-state index contributed by atoms with van der Waals surface area (Å²) < 4.78 is 3.84. The SMILES string of the molecule is Cc1nnsc1C(=O)N1CC[NH+](Cc2cccs2)CC1. The van der Waals surface area contributed by atoms with E-state index in [2.05, 4.69) is 27.1 Å². The first kappa shape index (κ1) is 13.7. The molecule has 2 aromatic heterocycles. The molecule has 0 radical (unpaired) electrons. The maximum absolute atomic E-state index is 12.4. The Kier molecular flexibility index (Phi) is 4.09. The zero-order chi connectivity index (χ0) is 13.9. The van der Waals surface area contributed by atoms with E-state index in [1.54, 1.807) is 4.90 Å². The Labute approximate surface area is 126 Å². The minimum atomic E-state index is 0.0904. The van der Waals surface area contributed by atoms with Crippen molar-refractivity contribution in [2.45, 2.75) is 13.5 Å². The smallest absolute Gasteiger partial charge is 0.267 e. The third-order valence-electron chi connectivity index (χ3n) is 3.61. The van der Waals surface area contributed by atoms with Gasteiger partial charge in [-0.1, -0.05) is 10.6 Å². The van der Waals surface area contributed by atoms with Gasteiger partial charge in [-0.3, -0.25) is 4.79 Å². The number of quaternary nitrogens is 1. The molecule has 1 aliphatic rings. The summed E-state index contributed by atoms with van der Waals surface area (Å²) in [5, 5.41) is 6.03. The first-order chi connectivity index (χ1) is 9.74. The molecule has 0 saturated carbocycles. The van der Waals surface area contributed by atoms with E-state index < -0.39 is 0 Å². The maximum Gasteiger partial charge on any atom is 0.267 e. The van der Waals surface area contributed by atoms with Gasteiger partial charge in [-0.25, -0.2) is 0 Å². The normalized spacial score (nSPS) is 16.6. The molecule has 5 nitrogen and oxygen atoms in total. The second-order valence-corrected chi connectivity index (χ2v) is 6.77. The molecule has 106 valence electrons. The molecule has 1 aliphatic heterocycles. The fraction of sp³-hybridized carbons (Fsp3) is 0.462. The van der Waals surface area contributed by atoms with Crippen molar-refractivity contribution in [3.05, 3.63) is 33.0 Å². The van der Waals surface area contributed by atoms with Gasteiger partial charge in [0.2, 0.25) is 0 Å². The molecule has 2 aromatic rings. The summed E-state index contributed by atoms with van der Waals surface area (Å²) in [7, 11) is 0. The molecule has 20 heavy (non-hydrogen) atoms. The van der Waals surface area contributed by atoms with Crippen LogP contribution in [0.2, 0.25) is 0 Å². The van der Waals surface area contributed by atoms with E-state index >= 15 is 0 Å². The highest BCUT2D eigenvalue weighted by Crippen LogP contribution is 2.13. The van der Waals surface area contributed by atoms with Crippen LogP contribution in [0.3, 0.4) is 0 Å². The van der Waals surface area contributed by atoms with Crippen LogP contribution < -0.4 is 4.90 Å². The molecular weight excluding hydrogens is 292 g/mol. The number of amides is 1. The van der Waals surface area contributed by atoms with Gasteiger partial charge in [-0.05, 0) is 29.9 Å². The second kappa shape index (κ2) is 5.99. The Bertz CT molecular complexity index is 573. The molecule has 7 heteroatoms. The van der Waals surface area contributed by atoms with Gasteiger partial charge in [-0.15, -0.1) is 16.4 Å². The third kappa shape index (κ3) is 2.89. The summed E-state index contributed by atoms with van der Waals surface area (Å²) in [6.07, 6.45) is 0. The van der Waals surface area contributed by atoms with Gasteiger partial charge in [0.05, 0.1) is 36.8 Å². The summed E-state index contributed by atoms with van der Waals surface area (Å²) in [5.74, 6) is 0.0904. The Balaban J connectivity index is 1.56. The quantitative estimate of drug-likeness (QED) is 0.895. The molecule has 1 saturated heterocycles. The topological polar surface area (TPSA) is 50.5 Å². The minimum Gasteiger partial charge on any atom is -0.328 e. The Hall–Kier alpha value is -1.31. The number of aryl methyl sites for hydroxylation is 1. The summed E-state index contributed by atoms with van der Waals surface area (Å²) in [6, 6.07) is 4.28. The van der Waals surface area contributed by atoms with Crippen molar-refractivity contribution >= 4 is 28.8 Å². The summed E-state index contributed by atoms with van der Waals surface area (Å²) >= 11 is 3.01. The van der Waals surface area contributed by atoms with Gasteiger partial charge in [0.1, 0.15) is 11.4 Å². The van der Waals surface area contributed by atoms with Crippen LogP contribution in [-0.2, 0) is 6.54 Å². The average Bonchev–Trinajstić information content (AvgIpc) is 3.10. The van der Waals surface area contributed by atoms with Crippen LogP contribution in [0.25, 0.3) is 0 Å². The van der Waals surface area contributed by atoms with Gasteiger partial charge in [0, 0.05) is 0 Å². The number of rotatable bonds is 3. The molecule has 0 atom stereocenters.